The molecular formula is C13H18N4O3. The van der Waals surface area contributed by atoms with Gasteiger partial charge in [0.05, 0.1) is 23.8 Å². The molecule has 0 spiro atoms. The van der Waals surface area contributed by atoms with E-state index in [4.69, 9.17) is 16.2 Å². The SMILES string of the molecule is CCOC(=O)c1ccnc(N2CCC(C(N)=O)C2)c1N. The number of anilines is 2. The Bertz CT molecular complexity index is 532. The van der Waals surface area contributed by atoms with E-state index >= 15 is 0 Å². The molecular weight excluding hydrogens is 260 g/mol. The van der Waals surface area contributed by atoms with Gasteiger partial charge in [0.2, 0.25) is 5.91 Å². The van der Waals surface area contributed by atoms with Crippen LogP contribution in [0, 0.1) is 5.92 Å². The molecule has 1 aromatic rings. The predicted molar refractivity (Wildman–Crippen MR) is 74.1 cm³/mol. The first-order valence-electron chi connectivity index (χ1n) is 6.50. The van der Waals surface area contributed by atoms with Crippen molar-refractivity contribution in [3.63, 3.8) is 0 Å². The summed E-state index contributed by atoms with van der Waals surface area (Å²) in [6, 6.07) is 1.53. The zero-order valence-corrected chi connectivity index (χ0v) is 11.3. The molecule has 0 aromatic carbocycles. The Kier molecular flexibility index (Phi) is 4.07. The fourth-order valence-corrected chi connectivity index (χ4v) is 2.29. The van der Waals surface area contributed by atoms with Gasteiger partial charge in [0.15, 0.2) is 5.82 Å². The van der Waals surface area contributed by atoms with Crippen LogP contribution in [0.2, 0.25) is 0 Å². The first kappa shape index (κ1) is 14.1. The standard InChI is InChI=1S/C13H18N4O3/c1-2-20-13(19)9-3-5-16-12(10(9)14)17-6-4-8(7-17)11(15)18/h3,5,8H,2,4,6-7,14H2,1H3,(H2,15,18). The zero-order valence-electron chi connectivity index (χ0n) is 11.3. The summed E-state index contributed by atoms with van der Waals surface area (Å²) in [5.41, 5.74) is 11.9. The van der Waals surface area contributed by atoms with Gasteiger partial charge in [0.1, 0.15) is 0 Å². The molecule has 108 valence electrons. The number of pyridine rings is 1. The van der Waals surface area contributed by atoms with Gasteiger partial charge in [0, 0.05) is 19.3 Å². The maximum absolute atomic E-state index is 11.8. The smallest absolute Gasteiger partial charge is 0.340 e. The molecule has 1 unspecified atom stereocenters. The molecule has 4 N–H and O–H groups in total. The Hall–Kier alpha value is -2.31. The second kappa shape index (κ2) is 5.77. The molecule has 1 fully saturated rings. The molecule has 1 aliphatic heterocycles. The zero-order chi connectivity index (χ0) is 14.7. The summed E-state index contributed by atoms with van der Waals surface area (Å²) in [5, 5.41) is 0. The molecule has 0 aliphatic carbocycles. The molecule has 7 nitrogen and oxygen atoms in total. The van der Waals surface area contributed by atoms with Crippen LogP contribution in [0.4, 0.5) is 11.5 Å². The van der Waals surface area contributed by atoms with Crippen LogP contribution < -0.4 is 16.4 Å². The highest BCUT2D eigenvalue weighted by Gasteiger charge is 2.29. The average molecular weight is 278 g/mol. The number of carbonyl (C=O) groups excluding carboxylic acids is 2. The topological polar surface area (TPSA) is 112 Å². The van der Waals surface area contributed by atoms with Crippen molar-refractivity contribution in [2.24, 2.45) is 11.7 Å². The molecule has 0 bridgehead atoms. The second-order valence-electron chi connectivity index (χ2n) is 4.65. The third-order valence-corrected chi connectivity index (χ3v) is 3.35. The number of aromatic nitrogens is 1. The summed E-state index contributed by atoms with van der Waals surface area (Å²) >= 11 is 0. The van der Waals surface area contributed by atoms with Gasteiger partial charge in [0.25, 0.3) is 0 Å². The summed E-state index contributed by atoms with van der Waals surface area (Å²) in [6.07, 6.45) is 2.18. The van der Waals surface area contributed by atoms with Crippen LogP contribution in [0.5, 0.6) is 0 Å². The van der Waals surface area contributed by atoms with Crippen LogP contribution in [-0.4, -0.2) is 36.6 Å². The minimum atomic E-state index is -0.473. The molecule has 1 aliphatic rings. The van der Waals surface area contributed by atoms with Crippen LogP contribution >= 0.6 is 0 Å². The Labute approximate surface area is 116 Å². The lowest BCUT2D eigenvalue weighted by atomic mass is 10.1. The Morgan fingerprint density at radius 3 is 2.90 bits per heavy atom. The summed E-state index contributed by atoms with van der Waals surface area (Å²) in [6.45, 7) is 3.12. The fraction of sp³-hybridized carbons (Fsp3) is 0.462. The number of esters is 1. The van der Waals surface area contributed by atoms with E-state index in [0.29, 0.717) is 30.9 Å². The summed E-state index contributed by atoms with van der Waals surface area (Å²) in [5.74, 6) is -0.506. The number of nitrogens with zero attached hydrogens (tertiary/aromatic N) is 2. The summed E-state index contributed by atoms with van der Waals surface area (Å²) in [4.78, 5) is 29.0. The minimum absolute atomic E-state index is 0.206. The Balaban J connectivity index is 2.23. The van der Waals surface area contributed by atoms with E-state index in [1.54, 1.807) is 6.92 Å². The van der Waals surface area contributed by atoms with E-state index in [2.05, 4.69) is 4.98 Å². The molecule has 20 heavy (non-hydrogen) atoms. The minimum Gasteiger partial charge on any atom is -0.462 e. The molecule has 2 rings (SSSR count). The normalized spacial score (nSPS) is 18.1. The maximum atomic E-state index is 11.8. The van der Waals surface area contributed by atoms with E-state index < -0.39 is 5.97 Å². The number of rotatable bonds is 4. The van der Waals surface area contributed by atoms with Gasteiger partial charge < -0.3 is 21.1 Å². The summed E-state index contributed by atoms with van der Waals surface area (Å²) < 4.78 is 4.95. The number of primary amides is 1. The van der Waals surface area contributed by atoms with E-state index in [-0.39, 0.29) is 24.1 Å². The van der Waals surface area contributed by atoms with Gasteiger partial charge in [-0.3, -0.25) is 4.79 Å². The molecule has 0 saturated carbocycles. The molecule has 1 aromatic heterocycles. The number of carbonyl (C=O) groups is 2. The van der Waals surface area contributed by atoms with Crippen LogP contribution in [0.25, 0.3) is 0 Å². The third-order valence-electron chi connectivity index (χ3n) is 3.35. The molecule has 7 heteroatoms. The fourth-order valence-electron chi connectivity index (χ4n) is 2.29. The van der Waals surface area contributed by atoms with Crippen molar-refractivity contribution in [2.75, 3.05) is 30.3 Å². The molecule has 1 atom stereocenters. The van der Waals surface area contributed by atoms with Crippen molar-refractivity contribution in [2.45, 2.75) is 13.3 Å². The van der Waals surface area contributed by atoms with Crippen molar-refractivity contribution >= 4 is 23.4 Å². The second-order valence-corrected chi connectivity index (χ2v) is 4.65. The number of hydrogen-bond acceptors (Lipinski definition) is 6. The van der Waals surface area contributed by atoms with Gasteiger partial charge in [-0.25, -0.2) is 9.78 Å². The quantitative estimate of drug-likeness (QED) is 0.758. The van der Waals surface area contributed by atoms with Crippen LogP contribution in [0.1, 0.15) is 23.7 Å². The Morgan fingerprint density at radius 2 is 2.30 bits per heavy atom. The van der Waals surface area contributed by atoms with Crippen molar-refractivity contribution in [3.8, 4) is 0 Å². The predicted octanol–water partition coefficient (Wildman–Crippen LogP) is 0.152. The Morgan fingerprint density at radius 1 is 1.55 bits per heavy atom. The van der Waals surface area contributed by atoms with Gasteiger partial charge in [-0.1, -0.05) is 0 Å². The maximum Gasteiger partial charge on any atom is 0.340 e. The third kappa shape index (κ3) is 2.66. The van der Waals surface area contributed by atoms with E-state index in [1.807, 2.05) is 4.90 Å². The average Bonchev–Trinajstić information content (AvgIpc) is 2.88. The largest absolute Gasteiger partial charge is 0.462 e. The first-order valence-corrected chi connectivity index (χ1v) is 6.50. The lowest BCUT2D eigenvalue weighted by Crippen LogP contribution is -2.28. The highest BCUT2D eigenvalue weighted by molar-refractivity contribution is 5.97. The molecule has 0 radical (unpaired) electrons. The monoisotopic (exact) mass is 278 g/mol. The van der Waals surface area contributed by atoms with Gasteiger partial charge in [-0.2, -0.15) is 0 Å². The van der Waals surface area contributed by atoms with E-state index in [0.717, 1.165) is 0 Å². The number of nitrogen functional groups attached to an aromatic ring is 1. The number of nitrogens with two attached hydrogens (primary N) is 2. The van der Waals surface area contributed by atoms with Crippen molar-refractivity contribution in [1.82, 2.24) is 4.98 Å². The number of amides is 1. The van der Waals surface area contributed by atoms with Crippen molar-refractivity contribution in [1.29, 1.82) is 0 Å². The van der Waals surface area contributed by atoms with Crippen LogP contribution in [0.3, 0.4) is 0 Å². The summed E-state index contributed by atoms with van der Waals surface area (Å²) in [7, 11) is 0. The molecule has 1 amide bonds. The molecule has 2 heterocycles. The number of hydrogen-bond donors (Lipinski definition) is 2. The van der Waals surface area contributed by atoms with E-state index in [9.17, 15) is 9.59 Å². The van der Waals surface area contributed by atoms with Gasteiger partial charge in [-0.15, -0.1) is 0 Å². The highest BCUT2D eigenvalue weighted by atomic mass is 16.5. The van der Waals surface area contributed by atoms with Crippen molar-refractivity contribution < 1.29 is 14.3 Å². The number of ether oxygens (including phenoxy) is 1. The van der Waals surface area contributed by atoms with Gasteiger partial charge >= 0.3 is 5.97 Å². The van der Waals surface area contributed by atoms with Crippen LogP contribution in [-0.2, 0) is 9.53 Å². The van der Waals surface area contributed by atoms with Gasteiger partial charge in [-0.05, 0) is 19.4 Å². The lowest BCUT2D eigenvalue weighted by Gasteiger charge is -2.20. The van der Waals surface area contributed by atoms with E-state index in [1.165, 1.54) is 12.3 Å². The first-order chi connectivity index (χ1) is 9.54. The lowest BCUT2D eigenvalue weighted by molar-refractivity contribution is -0.121. The van der Waals surface area contributed by atoms with Crippen molar-refractivity contribution in [3.05, 3.63) is 17.8 Å². The molecule has 1 saturated heterocycles. The van der Waals surface area contributed by atoms with Crippen LogP contribution in [0.15, 0.2) is 12.3 Å². The highest BCUT2D eigenvalue weighted by Crippen LogP contribution is 2.29.